The molecule has 2 aromatic heterocycles. The van der Waals surface area contributed by atoms with E-state index in [4.69, 9.17) is 4.74 Å². The van der Waals surface area contributed by atoms with E-state index in [0.29, 0.717) is 32.1 Å². The highest BCUT2D eigenvalue weighted by atomic mass is 32.2. The molecule has 128 valence electrons. The predicted molar refractivity (Wildman–Crippen MR) is 89.4 cm³/mol. The second-order valence-electron chi connectivity index (χ2n) is 5.04. The maximum absolute atomic E-state index is 12.2. The van der Waals surface area contributed by atoms with Crippen molar-refractivity contribution >= 4 is 38.8 Å². The van der Waals surface area contributed by atoms with Crippen LogP contribution in [0.3, 0.4) is 0 Å². The van der Waals surface area contributed by atoms with Crippen LogP contribution in [0.2, 0.25) is 0 Å². The van der Waals surface area contributed by atoms with E-state index in [1.165, 1.54) is 18.3 Å². The third-order valence-electron chi connectivity index (χ3n) is 3.42. The number of hydrogen-bond acceptors (Lipinski definition) is 7. The fourth-order valence-corrected chi connectivity index (χ4v) is 4.35. The van der Waals surface area contributed by atoms with Crippen LogP contribution in [0.25, 0.3) is 0 Å². The van der Waals surface area contributed by atoms with Crippen molar-refractivity contribution in [3.63, 3.8) is 0 Å². The maximum Gasteiger partial charge on any atom is 0.339 e. The zero-order valence-electron chi connectivity index (χ0n) is 12.5. The molecular formula is C14H15N3O5S2. The van der Waals surface area contributed by atoms with Crippen molar-refractivity contribution in [2.24, 2.45) is 0 Å². The molecule has 0 radical (unpaired) electrons. The zero-order chi connectivity index (χ0) is 17.2. The number of nitrogens with one attached hydrogen (secondary N) is 1. The molecule has 24 heavy (non-hydrogen) atoms. The Morgan fingerprint density at radius 3 is 2.75 bits per heavy atom. The minimum absolute atomic E-state index is 0.0525. The summed E-state index contributed by atoms with van der Waals surface area (Å²) in [5, 5.41) is 11.1. The number of pyridine rings is 1. The first-order valence-corrected chi connectivity index (χ1v) is 9.46. The van der Waals surface area contributed by atoms with Crippen molar-refractivity contribution in [3.05, 3.63) is 35.3 Å². The minimum Gasteiger partial charge on any atom is -0.478 e. The summed E-state index contributed by atoms with van der Waals surface area (Å²) in [4.78, 5) is 17.5. The minimum atomic E-state index is -3.75. The highest BCUT2D eigenvalue weighted by Crippen LogP contribution is 2.25. The second kappa shape index (κ2) is 6.75. The van der Waals surface area contributed by atoms with Gasteiger partial charge >= 0.3 is 5.97 Å². The number of thiophene rings is 1. The third kappa shape index (κ3) is 3.50. The summed E-state index contributed by atoms with van der Waals surface area (Å²) in [7, 11) is -3.75. The number of rotatable bonds is 5. The lowest BCUT2D eigenvalue weighted by molar-refractivity contribution is 0.0696. The number of hydrogen-bond donors (Lipinski definition) is 2. The maximum atomic E-state index is 12.2. The quantitative estimate of drug-likeness (QED) is 0.821. The van der Waals surface area contributed by atoms with Gasteiger partial charge in [0.05, 0.1) is 25.1 Å². The second-order valence-corrected chi connectivity index (χ2v) is 7.89. The number of carboxylic acids is 1. The molecule has 1 fully saturated rings. The van der Waals surface area contributed by atoms with E-state index >= 15 is 0 Å². The molecule has 1 aliphatic heterocycles. The van der Waals surface area contributed by atoms with Crippen LogP contribution in [0, 0.1) is 0 Å². The lowest BCUT2D eigenvalue weighted by atomic mass is 10.2. The van der Waals surface area contributed by atoms with E-state index in [1.54, 1.807) is 11.4 Å². The number of carbonyl (C=O) groups is 1. The van der Waals surface area contributed by atoms with Gasteiger partial charge in [-0.15, -0.1) is 11.3 Å². The van der Waals surface area contributed by atoms with Crippen LogP contribution in [-0.4, -0.2) is 50.8 Å². The smallest absolute Gasteiger partial charge is 0.339 e. The summed E-state index contributed by atoms with van der Waals surface area (Å²) in [5.74, 6) is -0.856. The van der Waals surface area contributed by atoms with Gasteiger partial charge in [0.2, 0.25) is 0 Å². The van der Waals surface area contributed by atoms with Gasteiger partial charge in [-0.3, -0.25) is 4.72 Å². The third-order valence-corrected chi connectivity index (χ3v) is 6.20. The molecule has 0 atom stereocenters. The van der Waals surface area contributed by atoms with Gasteiger partial charge in [-0.05, 0) is 17.5 Å². The van der Waals surface area contributed by atoms with Crippen molar-refractivity contribution in [3.8, 4) is 0 Å². The molecule has 10 heteroatoms. The Morgan fingerprint density at radius 2 is 2.12 bits per heavy atom. The molecule has 0 unspecified atom stereocenters. The molecule has 0 bridgehead atoms. The average Bonchev–Trinajstić information content (AvgIpc) is 3.11. The summed E-state index contributed by atoms with van der Waals surface area (Å²) in [6.07, 6.45) is 1.32. The molecule has 0 saturated carbocycles. The van der Waals surface area contributed by atoms with Crippen molar-refractivity contribution < 1.29 is 23.1 Å². The largest absolute Gasteiger partial charge is 0.478 e. The molecular weight excluding hydrogens is 354 g/mol. The highest BCUT2D eigenvalue weighted by molar-refractivity contribution is 7.94. The normalized spacial score (nSPS) is 15.2. The first-order chi connectivity index (χ1) is 11.5. The van der Waals surface area contributed by atoms with Crippen LogP contribution < -0.4 is 9.62 Å². The lowest BCUT2D eigenvalue weighted by Crippen LogP contribution is -2.37. The number of morpholine rings is 1. The molecule has 0 aromatic carbocycles. The Labute approximate surface area is 142 Å². The van der Waals surface area contributed by atoms with Gasteiger partial charge in [0.25, 0.3) is 10.0 Å². The first-order valence-electron chi connectivity index (χ1n) is 7.10. The van der Waals surface area contributed by atoms with Crippen LogP contribution >= 0.6 is 11.3 Å². The Bertz CT molecular complexity index is 830. The Kier molecular flexibility index (Phi) is 4.69. The summed E-state index contributed by atoms with van der Waals surface area (Å²) >= 11 is 1.08. The molecule has 1 saturated heterocycles. The Balaban J connectivity index is 1.90. The van der Waals surface area contributed by atoms with Gasteiger partial charge in [0.1, 0.15) is 15.6 Å². The summed E-state index contributed by atoms with van der Waals surface area (Å²) < 4.78 is 32.2. The fraction of sp³-hybridized carbons (Fsp3) is 0.286. The van der Waals surface area contributed by atoms with Gasteiger partial charge < -0.3 is 14.7 Å². The van der Waals surface area contributed by atoms with Gasteiger partial charge in [0, 0.05) is 13.1 Å². The average molecular weight is 369 g/mol. The van der Waals surface area contributed by atoms with Crippen molar-refractivity contribution in [1.82, 2.24) is 4.98 Å². The van der Waals surface area contributed by atoms with Crippen LogP contribution in [0.15, 0.2) is 34.0 Å². The number of anilines is 2. The van der Waals surface area contributed by atoms with E-state index in [0.717, 1.165) is 11.3 Å². The monoisotopic (exact) mass is 369 g/mol. The molecule has 8 nitrogen and oxygen atoms in total. The topological polar surface area (TPSA) is 109 Å². The van der Waals surface area contributed by atoms with E-state index in [1.807, 2.05) is 4.90 Å². The summed E-state index contributed by atoms with van der Waals surface area (Å²) in [6.45, 7) is 2.06. The molecule has 2 aromatic rings. The number of aromatic nitrogens is 1. The van der Waals surface area contributed by atoms with Crippen molar-refractivity contribution in [2.75, 3.05) is 35.9 Å². The first kappa shape index (κ1) is 16.7. The molecule has 3 heterocycles. The molecule has 0 aliphatic carbocycles. The zero-order valence-corrected chi connectivity index (χ0v) is 14.1. The molecule has 0 spiro atoms. The lowest BCUT2D eigenvalue weighted by Gasteiger charge is -2.28. The van der Waals surface area contributed by atoms with Crippen molar-refractivity contribution in [2.45, 2.75) is 4.21 Å². The van der Waals surface area contributed by atoms with E-state index in [2.05, 4.69) is 9.71 Å². The van der Waals surface area contributed by atoms with Crippen LogP contribution in [0.5, 0.6) is 0 Å². The summed E-state index contributed by atoms with van der Waals surface area (Å²) in [6, 6.07) is 4.38. The van der Waals surface area contributed by atoms with E-state index in [9.17, 15) is 18.3 Å². The highest BCUT2D eigenvalue weighted by Gasteiger charge is 2.22. The Morgan fingerprint density at radius 1 is 1.38 bits per heavy atom. The van der Waals surface area contributed by atoms with Crippen LogP contribution in [0.1, 0.15) is 10.4 Å². The molecule has 2 N–H and O–H groups in total. The fourth-order valence-electron chi connectivity index (χ4n) is 2.32. The van der Waals surface area contributed by atoms with Crippen LogP contribution in [-0.2, 0) is 14.8 Å². The summed E-state index contributed by atoms with van der Waals surface area (Å²) in [5.41, 5.74) is 0.0566. The molecule has 3 rings (SSSR count). The number of carboxylic acid groups (broad SMARTS) is 1. The van der Waals surface area contributed by atoms with Gasteiger partial charge in [-0.25, -0.2) is 18.2 Å². The van der Waals surface area contributed by atoms with E-state index in [-0.39, 0.29) is 15.5 Å². The van der Waals surface area contributed by atoms with Crippen molar-refractivity contribution in [1.29, 1.82) is 0 Å². The number of sulfonamides is 1. The molecule has 1 aliphatic rings. The predicted octanol–water partition coefficient (Wildman–Crippen LogP) is 1.48. The van der Waals surface area contributed by atoms with E-state index < -0.39 is 16.0 Å². The van der Waals surface area contributed by atoms with Gasteiger partial charge in [0.15, 0.2) is 0 Å². The SMILES string of the molecule is O=C(O)c1cc(NS(=O)(=O)c2cccs2)cnc1N1CCOCC1. The molecule has 0 amide bonds. The van der Waals surface area contributed by atoms with Crippen LogP contribution in [0.4, 0.5) is 11.5 Å². The van der Waals surface area contributed by atoms with Gasteiger partial charge in [-0.2, -0.15) is 0 Å². The number of aromatic carboxylic acids is 1. The Hall–Kier alpha value is -2.17. The standard InChI is InChI=1S/C14H15N3O5S2/c18-14(19)11-8-10(16-24(20,21)12-2-1-7-23-12)9-15-13(11)17-3-5-22-6-4-17/h1-2,7-9,16H,3-6H2,(H,18,19). The van der Waals surface area contributed by atoms with Gasteiger partial charge in [-0.1, -0.05) is 6.07 Å². The number of ether oxygens (including phenoxy) is 1. The number of nitrogens with zero attached hydrogens (tertiary/aromatic N) is 2.